The highest BCUT2D eigenvalue weighted by Gasteiger charge is 2.17. The number of hydrogen-bond donors (Lipinski definition) is 2. The SMILES string of the molecule is CC(C)(C)c1cc(CO)ccc1O. The van der Waals surface area contributed by atoms with Gasteiger partial charge in [-0.2, -0.15) is 0 Å². The van der Waals surface area contributed by atoms with Gasteiger partial charge in [0.2, 0.25) is 0 Å². The molecule has 0 saturated heterocycles. The maximum Gasteiger partial charge on any atom is 0.119 e. The van der Waals surface area contributed by atoms with Crippen molar-refractivity contribution >= 4 is 0 Å². The van der Waals surface area contributed by atoms with Crippen LogP contribution in [0.4, 0.5) is 0 Å². The van der Waals surface area contributed by atoms with E-state index >= 15 is 0 Å². The van der Waals surface area contributed by atoms with E-state index in [1.54, 1.807) is 12.1 Å². The van der Waals surface area contributed by atoms with E-state index in [0.29, 0.717) is 5.75 Å². The van der Waals surface area contributed by atoms with E-state index in [2.05, 4.69) is 0 Å². The molecule has 1 aromatic carbocycles. The lowest BCUT2D eigenvalue weighted by atomic mass is 9.85. The number of rotatable bonds is 1. The van der Waals surface area contributed by atoms with Gasteiger partial charge in [0, 0.05) is 0 Å². The first-order valence-electron chi connectivity index (χ1n) is 4.38. The fourth-order valence-electron chi connectivity index (χ4n) is 1.28. The molecule has 0 radical (unpaired) electrons. The van der Waals surface area contributed by atoms with Crippen molar-refractivity contribution in [1.82, 2.24) is 0 Å². The summed E-state index contributed by atoms with van der Waals surface area (Å²) in [5, 5.41) is 18.5. The van der Waals surface area contributed by atoms with E-state index in [-0.39, 0.29) is 12.0 Å². The second kappa shape index (κ2) is 3.38. The smallest absolute Gasteiger partial charge is 0.119 e. The summed E-state index contributed by atoms with van der Waals surface area (Å²) in [6.07, 6.45) is 0. The van der Waals surface area contributed by atoms with Crippen LogP contribution in [0.5, 0.6) is 5.75 Å². The molecule has 0 atom stereocenters. The Morgan fingerprint density at radius 2 is 1.85 bits per heavy atom. The van der Waals surface area contributed by atoms with E-state index in [4.69, 9.17) is 5.11 Å². The first-order valence-corrected chi connectivity index (χ1v) is 4.38. The lowest BCUT2D eigenvalue weighted by molar-refractivity contribution is 0.281. The minimum atomic E-state index is -0.0880. The lowest BCUT2D eigenvalue weighted by Gasteiger charge is -2.20. The maximum absolute atomic E-state index is 9.58. The summed E-state index contributed by atoms with van der Waals surface area (Å²) < 4.78 is 0. The zero-order valence-corrected chi connectivity index (χ0v) is 8.33. The molecule has 72 valence electrons. The molecule has 0 aliphatic rings. The topological polar surface area (TPSA) is 40.5 Å². The number of benzene rings is 1. The van der Waals surface area contributed by atoms with Gasteiger partial charge in [-0.05, 0) is 28.7 Å². The van der Waals surface area contributed by atoms with Gasteiger partial charge in [0.05, 0.1) is 6.61 Å². The van der Waals surface area contributed by atoms with Crippen molar-refractivity contribution in [3.63, 3.8) is 0 Å². The van der Waals surface area contributed by atoms with Crippen LogP contribution in [-0.4, -0.2) is 10.2 Å². The predicted octanol–water partition coefficient (Wildman–Crippen LogP) is 2.18. The summed E-state index contributed by atoms with van der Waals surface area (Å²) in [5.41, 5.74) is 1.62. The number of aliphatic hydroxyl groups excluding tert-OH is 1. The minimum Gasteiger partial charge on any atom is -0.508 e. The lowest BCUT2D eigenvalue weighted by Crippen LogP contribution is -2.11. The maximum atomic E-state index is 9.58. The van der Waals surface area contributed by atoms with Crippen LogP contribution in [0.25, 0.3) is 0 Å². The van der Waals surface area contributed by atoms with Crippen molar-refractivity contribution < 1.29 is 10.2 Å². The standard InChI is InChI=1S/C11H16O2/c1-11(2,3)9-6-8(7-12)4-5-10(9)13/h4-6,12-13H,7H2,1-3H3. The van der Waals surface area contributed by atoms with Crippen LogP contribution in [0.3, 0.4) is 0 Å². The molecule has 0 bridgehead atoms. The molecular weight excluding hydrogens is 164 g/mol. The molecule has 0 amide bonds. The van der Waals surface area contributed by atoms with Gasteiger partial charge in [0.15, 0.2) is 0 Å². The van der Waals surface area contributed by atoms with E-state index in [1.807, 2.05) is 26.8 Å². The molecule has 0 aromatic heterocycles. The first kappa shape index (κ1) is 10.1. The summed E-state index contributed by atoms with van der Waals surface area (Å²) in [4.78, 5) is 0. The predicted molar refractivity (Wildman–Crippen MR) is 52.7 cm³/mol. The van der Waals surface area contributed by atoms with Crippen LogP contribution in [0, 0.1) is 0 Å². The summed E-state index contributed by atoms with van der Waals surface area (Å²) in [6.45, 7) is 6.11. The average Bonchev–Trinajstić information content (AvgIpc) is 2.03. The Labute approximate surface area is 78.8 Å². The van der Waals surface area contributed by atoms with Crippen molar-refractivity contribution in [3.05, 3.63) is 29.3 Å². The molecule has 13 heavy (non-hydrogen) atoms. The zero-order valence-electron chi connectivity index (χ0n) is 8.33. The Balaban J connectivity index is 3.19. The number of phenolic OH excluding ortho intramolecular Hbond substituents is 1. The number of aliphatic hydroxyl groups is 1. The van der Waals surface area contributed by atoms with Crippen molar-refractivity contribution in [2.75, 3.05) is 0 Å². The third kappa shape index (κ3) is 2.22. The molecule has 1 aromatic rings. The average molecular weight is 180 g/mol. The highest BCUT2D eigenvalue weighted by molar-refractivity contribution is 5.40. The fourth-order valence-corrected chi connectivity index (χ4v) is 1.28. The molecule has 2 nitrogen and oxygen atoms in total. The first-order chi connectivity index (χ1) is 5.95. The van der Waals surface area contributed by atoms with E-state index in [9.17, 15) is 5.11 Å². The molecule has 0 aliphatic carbocycles. The van der Waals surface area contributed by atoms with Crippen LogP contribution >= 0.6 is 0 Å². The summed E-state index contributed by atoms with van der Waals surface area (Å²) >= 11 is 0. The quantitative estimate of drug-likeness (QED) is 0.695. The zero-order chi connectivity index (χ0) is 10.1. The molecule has 0 aliphatic heterocycles. The Bertz CT molecular complexity index is 297. The van der Waals surface area contributed by atoms with E-state index in [0.717, 1.165) is 11.1 Å². The highest BCUT2D eigenvalue weighted by atomic mass is 16.3. The van der Waals surface area contributed by atoms with Gasteiger partial charge in [0.25, 0.3) is 0 Å². The molecule has 0 saturated carbocycles. The minimum absolute atomic E-state index is 0.0172. The van der Waals surface area contributed by atoms with Crippen LogP contribution in [0.1, 0.15) is 31.9 Å². The Kier molecular flexibility index (Phi) is 2.62. The molecule has 2 heteroatoms. The van der Waals surface area contributed by atoms with Gasteiger partial charge >= 0.3 is 0 Å². The summed E-state index contributed by atoms with van der Waals surface area (Å²) in [7, 11) is 0. The van der Waals surface area contributed by atoms with Gasteiger partial charge in [0.1, 0.15) is 5.75 Å². The number of hydrogen-bond acceptors (Lipinski definition) is 2. The third-order valence-electron chi connectivity index (χ3n) is 2.05. The van der Waals surface area contributed by atoms with Crippen LogP contribution in [-0.2, 0) is 12.0 Å². The Hall–Kier alpha value is -1.02. The summed E-state index contributed by atoms with van der Waals surface area (Å²) in [5.74, 6) is 0.296. The third-order valence-corrected chi connectivity index (χ3v) is 2.05. The second-order valence-electron chi connectivity index (χ2n) is 4.26. The molecule has 0 fully saturated rings. The molecule has 0 heterocycles. The largest absolute Gasteiger partial charge is 0.508 e. The van der Waals surface area contributed by atoms with Gasteiger partial charge in [-0.1, -0.05) is 26.8 Å². The molecular formula is C11H16O2. The Morgan fingerprint density at radius 1 is 1.23 bits per heavy atom. The van der Waals surface area contributed by atoms with Crippen LogP contribution in [0.2, 0.25) is 0 Å². The van der Waals surface area contributed by atoms with Crippen molar-refractivity contribution in [2.45, 2.75) is 32.8 Å². The molecule has 1 rings (SSSR count). The number of aromatic hydroxyl groups is 1. The second-order valence-corrected chi connectivity index (χ2v) is 4.26. The Morgan fingerprint density at radius 3 is 2.31 bits per heavy atom. The van der Waals surface area contributed by atoms with Gasteiger partial charge in [-0.25, -0.2) is 0 Å². The molecule has 0 unspecified atom stereocenters. The van der Waals surface area contributed by atoms with E-state index < -0.39 is 0 Å². The van der Waals surface area contributed by atoms with Crippen molar-refractivity contribution in [2.24, 2.45) is 0 Å². The summed E-state index contributed by atoms with van der Waals surface area (Å²) in [6, 6.07) is 5.20. The highest BCUT2D eigenvalue weighted by Crippen LogP contribution is 2.31. The van der Waals surface area contributed by atoms with Crippen molar-refractivity contribution in [1.29, 1.82) is 0 Å². The van der Waals surface area contributed by atoms with Crippen LogP contribution in [0.15, 0.2) is 18.2 Å². The molecule has 0 spiro atoms. The van der Waals surface area contributed by atoms with Gasteiger partial charge in [-0.15, -0.1) is 0 Å². The number of phenols is 1. The monoisotopic (exact) mass is 180 g/mol. The van der Waals surface area contributed by atoms with Gasteiger partial charge in [-0.3, -0.25) is 0 Å². The van der Waals surface area contributed by atoms with Crippen LogP contribution < -0.4 is 0 Å². The van der Waals surface area contributed by atoms with Gasteiger partial charge < -0.3 is 10.2 Å². The van der Waals surface area contributed by atoms with E-state index in [1.165, 1.54) is 0 Å². The van der Waals surface area contributed by atoms with Crippen molar-refractivity contribution in [3.8, 4) is 5.75 Å². The fraction of sp³-hybridized carbons (Fsp3) is 0.455. The molecule has 2 N–H and O–H groups in total. The normalized spacial score (nSPS) is 11.7.